The molecular weight excluding hydrogens is 380 g/mol. The molecule has 0 saturated carbocycles. The third kappa shape index (κ3) is 8.52. The highest BCUT2D eigenvalue weighted by Crippen LogP contribution is 2.32. The molecule has 0 bridgehead atoms. The summed E-state index contributed by atoms with van der Waals surface area (Å²) in [4.78, 5) is 4.52. The van der Waals surface area contributed by atoms with Gasteiger partial charge in [-0.3, -0.25) is 9.80 Å². The van der Waals surface area contributed by atoms with Gasteiger partial charge in [-0.1, -0.05) is 38.5 Å². The highest BCUT2D eigenvalue weighted by molar-refractivity contribution is 5.41. The second-order valence-corrected chi connectivity index (χ2v) is 9.85. The summed E-state index contributed by atoms with van der Waals surface area (Å²) in [5.41, 5.74) is 2.38. The fourth-order valence-corrected chi connectivity index (χ4v) is 3.70. The fourth-order valence-electron chi connectivity index (χ4n) is 3.70. The van der Waals surface area contributed by atoms with E-state index >= 15 is 0 Å². The first kappa shape index (κ1) is 25.1. The number of aryl methyl sites for hydroxylation is 1. The zero-order chi connectivity index (χ0) is 22.3. The first-order valence-electron chi connectivity index (χ1n) is 11.2. The predicted octanol–water partition coefficient (Wildman–Crippen LogP) is 2.44. The first-order valence-corrected chi connectivity index (χ1v) is 11.2. The van der Waals surface area contributed by atoms with Crippen LogP contribution in [0.1, 0.15) is 45.7 Å². The largest absolute Gasteiger partial charge is 0.491 e. The molecule has 1 heterocycles. The van der Waals surface area contributed by atoms with Crippen molar-refractivity contribution >= 4 is 0 Å². The van der Waals surface area contributed by atoms with Crippen LogP contribution in [-0.4, -0.2) is 90.8 Å². The Morgan fingerprint density at radius 2 is 1.47 bits per heavy atom. The minimum atomic E-state index is -0.532. The van der Waals surface area contributed by atoms with Crippen LogP contribution in [0.15, 0.2) is 18.2 Å². The molecule has 0 unspecified atom stereocenters. The summed E-state index contributed by atoms with van der Waals surface area (Å²) >= 11 is 0. The summed E-state index contributed by atoms with van der Waals surface area (Å²) in [5, 5.41) is 20.6. The fraction of sp³-hybridized carbons (Fsp3) is 0.750. The number of β-amino-alcohol motifs (C(OH)–C–C–N with tert-alkyl or cyclic N) is 2. The molecule has 0 radical (unpaired) electrons. The molecule has 30 heavy (non-hydrogen) atoms. The highest BCUT2D eigenvalue weighted by Gasteiger charge is 2.23. The van der Waals surface area contributed by atoms with Crippen LogP contribution in [0.4, 0.5) is 0 Å². The molecule has 1 aromatic carbocycles. The van der Waals surface area contributed by atoms with Gasteiger partial charge in [-0.05, 0) is 37.8 Å². The van der Waals surface area contributed by atoms with E-state index in [-0.39, 0.29) is 18.1 Å². The van der Waals surface area contributed by atoms with Crippen LogP contribution in [0.5, 0.6) is 5.75 Å². The number of rotatable bonds is 10. The maximum atomic E-state index is 10.5. The Balaban J connectivity index is 1.74. The van der Waals surface area contributed by atoms with Crippen LogP contribution in [0.25, 0.3) is 0 Å². The lowest BCUT2D eigenvalue weighted by atomic mass is 9.85. The van der Waals surface area contributed by atoms with Crippen molar-refractivity contribution in [2.75, 3.05) is 52.5 Å². The van der Waals surface area contributed by atoms with Crippen LogP contribution in [-0.2, 0) is 10.2 Å². The Kier molecular flexibility index (Phi) is 9.57. The van der Waals surface area contributed by atoms with Crippen molar-refractivity contribution in [3.8, 4) is 5.75 Å². The summed E-state index contributed by atoms with van der Waals surface area (Å²) in [5.74, 6) is 0.856. The van der Waals surface area contributed by atoms with E-state index < -0.39 is 12.2 Å². The van der Waals surface area contributed by atoms with Gasteiger partial charge >= 0.3 is 0 Å². The van der Waals surface area contributed by atoms with Crippen LogP contribution in [0.3, 0.4) is 0 Å². The van der Waals surface area contributed by atoms with Gasteiger partial charge in [-0.2, -0.15) is 0 Å². The summed E-state index contributed by atoms with van der Waals surface area (Å²) in [6.45, 7) is 18.0. The van der Waals surface area contributed by atoms with E-state index in [0.717, 1.165) is 31.9 Å². The minimum absolute atomic E-state index is 0.00654. The van der Waals surface area contributed by atoms with Crippen molar-refractivity contribution in [1.82, 2.24) is 9.80 Å². The van der Waals surface area contributed by atoms with Crippen LogP contribution < -0.4 is 4.74 Å². The van der Waals surface area contributed by atoms with Gasteiger partial charge in [0.15, 0.2) is 0 Å². The van der Waals surface area contributed by atoms with E-state index in [4.69, 9.17) is 9.47 Å². The van der Waals surface area contributed by atoms with Crippen molar-refractivity contribution in [3.63, 3.8) is 0 Å². The van der Waals surface area contributed by atoms with Gasteiger partial charge < -0.3 is 19.7 Å². The lowest BCUT2D eigenvalue weighted by Crippen LogP contribution is -2.51. The number of hydrogen-bond donors (Lipinski definition) is 2. The number of aliphatic hydroxyl groups is 2. The molecule has 2 atom stereocenters. The van der Waals surface area contributed by atoms with Crippen LogP contribution >= 0.6 is 0 Å². The average molecular weight is 423 g/mol. The second kappa shape index (κ2) is 11.4. The average Bonchev–Trinajstić information content (AvgIpc) is 2.66. The lowest BCUT2D eigenvalue weighted by molar-refractivity contribution is -0.0176. The number of hydrogen-bond acceptors (Lipinski definition) is 6. The molecular formula is C24H42N2O4. The van der Waals surface area contributed by atoms with E-state index in [0.29, 0.717) is 19.7 Å². The molecule has 1 aromatic rings. The summed E-state index contributed by atoms with van der Waals surface area (Å²) in [6, 6.07) is 6.23. The zero-order valence-electron chi connectivity index (χ0n) is 19.7. The van der Waals surface area contributed by atoms with E-state index in [2.05, 4.69) is 49.6 Å². The summed E-state index contributed by atoms with van der Waals surface area (Å²) < 4.78 is 11.5. The SMILES string of the molecule is Cc1ccc(OC[C@H](O)CN2CCN(C[C@@H](O)COC(C)C)CC2)c(C(C)(C)C)c1. The first-order chi connectivity index (χ1) is 14.0. The standard InChI is InChI=1S/C24H42N2O4/c1-18(2)29-16-20(27)14-25-9-11-26(12-10-25)15-21(28)17-30-23-8-7-19(3)13-22(23)24(4,5)6/h7-8,13,18,20-21,27-28H,9-12,14-17H2,1-6H3/t20-,21-/m1/s1. The molecule has 6 nitrogen and oxygen atoms in total. The summed E-state index contributed by atoms with van der Waals surface area (Å²) in [6.07, 6.45) is -0.847. The van der Waals surface area contributed by atoms with Crippen molar-refractivity contribution < 1.29 is 19.7 Å². The third-order valence-electron chi connectivity index (χ3n) is 5.40. The van der Waals surface area contributed by atoms with Crippen molar-refractivity contribution in [2.45, 2.75) is 65.3 Å². The van der Waals surface area contributed by atoms with Crippen LogP contribution in [0, 0.1) is 6.92 Å². The Labute approximate surface area is 182 Å². The van der Waals surface area contributed by atoms with Gasteiger partial charge in [0, 0.05) is 39.3 Å². The van der Waals surface area contributed by atoms with Gasteiger partial charge in [0.05, 0.1) is 18.8 Å². The lowest BCUT2D eigenvalue weighted by Gasteiger charge is -2.36. The Morgan fingerprint density at radius 3 is 1.97 bits per heavy atom. The van der Waals surface area contributed by atoms with Gasteiger partial charge in [-0.15, -0.1) is 0 Å². The second-order valence-electron chi connectivity index (χ2n) is 9.85. The van der Waals surface area contributed by atoms with E-state index in [9.17, 15) is 10.2 Å². The minimum Gasteiger partial charge on any atom is -0.491 e. The number of aliphatic hydroxyl groups excluding tert-OH is 2. The van der Waals surface area contributed by atoms with E-state index in [1.54, 1.807) is 0 Å². The molecule has 1 aliphatic rings. The number of benzene rings is 1. The maximum absolute atomic E-state index is 10.5. The van der Waals surface area contributed by atoms with E-state index in [1.165, 1.54) is 11.1 Å². The van der Waals surface area contributed by atoms with Gasteiger partial charge in [0.25, 0.3) is 0 Å². The number of nitrogens with zero attached hydrogens (tertiary/aromatic N) is 2. The van der Waals surface area contributed by atoms with Crippen molar-refractivity contribution in [3.05, 3.63) is 29.3 Å². The van der Waals surface area contributed by atoms with Crippen molar-refractivity contribution in [2.24, 2.45) is 0 Å². The highest BCUT2D eigenvalue weighted by atomic mass is 16.5. The topological polar surface area (TPSA) is 65.4 Å². The van der Waals surface area contributed by atoms with Gasteiger partial charge in [-0.25, -0.2) is 0 Å². The molecule has 172 valence electrons. The monoisotopic (exact) mass is 422 g/mol. The zero-order valence-corrected chi connectivity index (χ0v) is 19.7. The molecule has 1 saturated heterocycles. The predicted molar refractivity (Wildman–Crippen MR) is 121 cm³/mol. The maximum Gasteiger partial charge on any atom is 0.123 e. The molecule has 0 spiro atoms. The van der Waals surface area contributed by atoms with Crippen molar-refractivity contribution in [1.29, 1.82) is 0 Å². The summed E-state index contributed by atoms with van der Waals surface area (Å²) in [7, 11) is 0. The molecule has 0 aliphatic carbocycles. The molecule has 1 aliphatic heterocycles. The van der Waals surface area contributed by atoms with Crippen LogP contribution in [0.2, 0.25) is 0 Å². The number of ether oxygens (including phenoxy) is 2. The van der Waals surface area contributed by atoms with Gasteiger partial charge in [0.1, 0.15) is 18.5 Å². The Hall–Kier alpha value is -1.18. The Bertz CT molecular complexity index is 637. The smallest absolute Gasteiger partial charge is 0.123 e. The molecule has 6 heteroatoms. The van der Waals surface area contributed by atoms with E-state index in [1.807, 2.05) is 19.9 Å². The third-order valence-corrected chi connectivity index (χ3v) is 5.40. The van der Waals surface area contributed by atoms with Gasteiger partial charge in [0.2, 0.25) is 0 Å². The quantitative estimate of drug-likeness (QED) is 0.604. The molecule has 1 fully saturated rings. The molecule has 2 rings (SSSR count). The molecule has 2 N–H and O–H groups in total. The normalized spacial score (nSPS) is 18.6. The Morgan fingerprint density at radius 1 is 0.933 bits per heavy atom. The number of piperazine rings is 1. The molecule has 0 amide bonds. The molecule has 0 aromatic heterocycles.